The first-order valence-electron chi connectivity index (χ1n) is 5.69. The van der Waals surface area contributed by atoms with Gasteiger partial charge in [-0.1, -0.05) is 18.5 Å². The van der Waals surface area contributed by atoms with E-state index in [-0.39, 0.29) is 0 Å². The number of halogens is 1. The molecule has 1 aromatic rings. The number of β-amino-alcohol motifs (C(OH)–C–C–N with tert-alkyl or cyclic N) is 1. The fourth-order valence-corrected chi connectivity index (χ4v) is 2.70. The summed E-state index contributed by atoms with van der Waals surface area (Å²) in [5.74, 6) is 0. The molecule has 2 rings (SSSR count). The van der Waals surface area contributed by atoms with Gasteiger partial charge in [0.1, 0.15) is 5.60 Å². The van der Waals surface area contributed by atoms with Crippen LogP contribution < -0.4 is 0 Å². The lowest BCUT2D eigenvalue weighted by atomic mass is 9.99. The van der Waals surface area contributed by atoms with Crippen LogP contribution in [0.1, 0.15) is 25.5 Å². The molecule has 1 saturated heterocycles. The summed E-state index contributed by atoms with van der Waals surface area (Å²) in [7, 11) is 2.01. The molecule has 16 heavy (non-hydrogen) atoms. The van der Waals surface area contributed by atoms with Crippen LogP contribution in [0.2, 0.25) is 5.02 Å². The summed E-state index contributed by atoms with van der Waals surface area (Å²) in [5, 5.41) is 15.4. The van der Waals surface area contributed by atoms with Gasteiger partial charge in [0.2, 0.25) is 0 Å². The molecule has 1 fully saturated rings. The average Bonchev–Trinajstić information content (AvgIpc) is 2.73. The van der Waals surface area contributed by atoms with Crippen molar-refractivity contribution in [2.24, 2.45) is 0 Å². The molecule has 1 aliphatic rings. The number of hydrogen-bond acceptors (Lipinski definition) is 3. The van der Waals surface area contributed by atoms with Gasteiger partial charge < -0.3 is 10.0 Å². The van der Waals surface area contributed by atoms with E-state index in [1.54, 1.807) is 6.20 Å². The Kier molecular flexibility index (Phi) is 3.24. The van der Waals surface area contributed by atoms with Crippen LogP contribution in [0.3, 0.4) is 0 Å². The first-order chi connectivity index (χ1) is 7.57. The molecular weight excluding hydrogens is 226 g/mol. The van der Waals surface area contributed by atoms with E-state index in [0.717, 1.165) is 31.6 Å². The molecule has 0 bridgehead atoms. The molecule has 0 saturated carbocycles. The highest BCUT2D eigenvalue weighted by atomic mass is 35.5. The van der Waals surface area contributed by atoms with E-state index in [9.17, 15) is 5.11 Å². The van der Waals surface area contributed by atoms with Crippen LogP contribution in [-0.4, -0.2) is 39.9 Å². The van der Waals surface area contributed by atoms with Crippen molar-refractivity contribution in [2.75, 3.05) is 20.1 Å². The third kappa shape index (κ3) is 1.97. The first-order valence-corrected chi connectivity index (χ1v) is 6.07. The normalized spacial score (nSPS) is 26.5. The second kappa shape index (κ2) is 4.35. The summed E-state index contributed by atoms with van der Waals surface area (Å²) in [6, 6.07) is 0. The Morgan fingerprint density at radius 1 is 1.62 bits per heavy atom. The van der Waals surface area contributed by atoms with Gasteiger partial charge in [0, 0.05) is 19.6 Å². The summed E-state index contributed by atoms with van der Waals surface area (Å²) in [6.45, 7) is 4.41. The van der Waals surface area contributed by atoms with Crippen LogP contribution in [0.15, 0.2) is 6.20 Å². The van der Waals surface area contributed by atoms with E-state index < -0.39 is 5.60 Å². The molecule has 5 heteroatoms. The van der Waals surface area contributed by atoms with Crippen molar-refractivity contribution in [1.29, 1.82) is 0 Å². The van der Waals surface area contributed by atoms with E-state index in [0.29, 0.717) is 11.6 Å². The second-order valence-corrected chi connectivity index (χ2v) is 4.99. The van der Waals surface area contributed by atoms with Crippen molar-refractivity contribution < 1.29 is 5.11 Å². The third-order valence-electron chi connectivity index (χ3n) is 3.11. The number of hydrogen-bond donors (Lipinski definition) is 1. The van der Waals surface area contributed by atoms with Crippen molar-refractivity contribution in [1.82, 2.24) is 14.7 Å². The van der Waals surface area contributed by atoms with Crippen molar-refractivity contribution in [2.45, 2.75) is 31.9 Å². The van der Waals surface area contributed by atoms with Gasteiger partial charge in [0.25, 0.3) is 0 Å². The van der Waals surface area contributed by atoms with E-state index >= 15 is 0 Å². The van der Waals surface area contributed by atoms with Crippen molar-refractivity contribution in [3.8, 4) is 0 Å². The lowest BCUT2D eigenvalue weighted by Crippen LogP contribution is -2.32. The molecule has 0 aliphatic carbocycles. The molecule has 0 spiro atoms. The fraction of sp³-hybridized carbons (Fsp3) is 0.727. The number of aryl methyl sites for hydroxylation is 1. The Bertz CT molecular complexity index is 379. The minimum atomic E-state index is -0.836. The molecule has 4 nitrogen and oxygen atoms in total. The van der Waals surface area contributed by atoms with Crippen molar-refractivity contribution >= 4 is 11.6 Å². The molecule has 2 heterocycles. The van der Waals surface area contributed by atoms with Crippen LogP contribution in [0, 0.1) is 0 Å². The maximum Gasteiger partial charge on any atom is 0.121 e. The fourth-order valence-electron chi connectivity index (χ4n) is 2.38. The van der Waals surface area contributed by atoms with Gasteiger partial charge in [0.15, 0.2) is 0 Å². The van der Waals surface area contributed by atoms with Crippen LogP contribution in [-0.2, 0) is 12.1 Å². The first kappa shape index (κ1) is 11.9. The molecule has 1 atom stereocenters. The van der Waals surface area contributed by atoms with Gasteiger partial charge in [-0.15, -0.1) is 0 Å². The number of rotatable bonds is 3. The Hall–Kier alpha value is -0.580. The maximum atomic E-state index is 10.6. The highest BCUT2D eigenvalue weighted by Gasteiger charge is 2.40. The number of likely N-dealkylation sites (tertiary alicyclic amines) is 1. The molecule has 1 aromatic heterocycles. The summed E-state index contributed by atoms with van der Waals surface area (Å²) >= 11 is 6.14. The highest BCUT2D eigenvalue weighted by molar-refractivity contribution is 6.31. The topological polar surface area (TPSA) is 41.3 Å². The van der Waals surface area contributed by atoms with E-state index in [2.05, 4.69) is 16.9 Å². The summed E-state index contributed by atoms with van der Waals surface area (Å²) in [6.07, 6.45) is 3.33. The van der Waals surface area contributed by atoms with Crippen LogP contribution in [0.5, 0.6) is 0 Å². The number of aliphatic hydroxyl groups is 1. The Labute approximate surface area is 101 Å². The Balaban J connectivity index is 2.34. The van der Waals surface area contributed by atoms with E-state index in [4.69, 9.17) is 11.6 Å². The smallest absolute Gasteiger partial charge is 0.121 e. The largest absolute Gasteiger partial charge is 0.382 e. The van der Waals surface area contributed by atoms with Gasteiger partial charge in [0.05, 0.1) is 16.9 Å². The molecule has 0 amide bonds. The van der Waals surface area contributed by atoms with Crippen molar-refractivity contribution in [3.63, 3.8) is 0 Å². The summed E-state index contributed by atoms with van der Waals surface area (Å²) in [4.78, 5) is 2.11. The quantitative estimate of drug-likeness (QED) is 0.874. The molecule has 1 unspecified atom stereocenters. The van der Waals surface area contributed by atoms with Crippen molar-refractivity contribution in [3.05, 3.63) is 16.9 Å². The van der Waals surface area contributed by atoms with Gasteiger partial charge in [-0.25, -0.2) is 0 Å². The van der Waals surface area contributed by atoms with Crippen LogP contribution in [0.4, 0.5) is 0 Å². The lowest BCUT2D eigenvalue weighted by Gasteiger charge is -2.24. The number of aromatic nitrogens is 2. The zero-order valence-electron chi connectivity index (χ0n) is 9.78. The summed E-state index contributed by atoms with van der Waals surface area (Å²) < 4.78 is 1.83. The molecule has 1 N–H and O–H groups in total. The molecule has 1 aliphatic heterocycles. The third-order valence-corrected chi connectivity index (χ3v) is 3.39. The molecule has 0 radical (unpaired) electrons. The molecule has 0 aromatic carbocycles. The Morgan fingerprint density at radius 2 is 2.38 bits per heavy atom. The number of likely N-dealkylation sites (N-methyl/N-ethyl adjacent to an activating group) is 1. The van der Waals surface area contributed by atoms with E-state index in [1.165, 1.54) is 0 Å². The zero-order valence-corrected chi connectivity index (χ0v) is 10.5. The maximum absolute atomic E-state index is 10.6. The molecule has 90 valence electrons. The van der Waals surface area contributed by atoms with Crippen LogP contribution in [0.25, 0.3) is 0 Å². The van der Waals surface area contributed by atoms with E-state index in [1.807, 2.05) is 11.7 Å². The van der Waals surface area contributed by atoms with Gasteiger partial charge in [-0.05, 0) is 19.9 Å². The van der Waals surface area contributed by atoms with Gasteiger partial charge in [-0.3, -0.25) is 4.68 Å². The predicted molar refractivity (Wildman–Crippen MR) is 63.5 cm³/mol. The SMILES string of the molecule is CCCn1ncc(Cl)c1C1(O)CCN(C)C1. The zero-order chi connectivity index (χ0) is 11.8. The lowest BCUT2D eigenvalue weighted by molar-refractivity contribution is 0.0395. The predicted octanol–water partition coefficient (Wildman–Crippen LogP) is 1.47. The highest BCUT2D eigenvalue weighted by Crippen LogP contribution is 2.35. The minimum Gasteiger partial charge on any atom is -0.382 e. The minimum absolute atomic E-state index is 0.575. The van der Waals surface area contributed by atoms with Gasteiger partial charge in [-0.2, -0.15) is 5.10 Å². The monoisotopic (exact) mass is 243 g/mol. The van der Waals surface area contributed by atoms with Crippen LogP contribution >= 0.6 is 11.6 Å². The number of nitrogens with zero attached hydrogens (tertiary/aromatic N) is 3. The second-order valence-electron chi connectivity index (χ2n) is 4.58. The standard InChI is InChI=1S/C11H18ClN3O/c1-3-5-15-10(9(12)7-13-15)11(16)4-6-14(2)8-11/h7,16H,3-6,8H2,1-2H3. The van der Waals surface area contributed by atoms with Gasteiger partial charge >= 0.3 is 0 Å². The average molecular weight is 244 g/mol. The Morgan fingerprint density at radius 3 is 2.94 bits per heavy atom. The molecular formula is C11H18ClN3O. The summed E-state index contributed by atoms with van der Waals surface area (Å²) in [5.41, 5.74) is -0.0577.